The molecule has 0 spiro atoms. The first-order valence-corrected chi connectivity index (χ1v) is 14.5. The highest BCUT2D eigenvalue weighted by atomic mass is 16.5. The molecule has 0 saturated carbocycles. The summed E-state index contributed by atoms with van der Waals surface area (Å²) in [6.07, 6.45) is 8.32. The van der Waals surface area contributed by atoms with Gasteiger partial charge in [-0.25, -0.2) is 0 Å². The Labute approximate surface area is 232 Å². The van der Waals surface area contributed by atoms with Crippen LogP contribution < -0.4 is 10.1 Å². The Morgan fingerprint density at radius 1 is 1.05 bits per heavy atom. The molecule has 0 radical (unpaired) electrons. The number of benzene rings is 3. The molecule has 5 nitrogen and oxygen atoms in total. The number of hydrogen-bond acceptors (Lipinski definition) is 3. The number of likely N-dealkylation sites (tertiary alicyclic amines) is 1. The lowest BCUT2D eigenvalue weighted by atomic mass is 9.87. The molecule has 0 bridgehead atoms. The van der Waals surface area contributed by atoms with Crippen molar-refractivity contribution in [2.45, 2.75) is 64.3 Å². The Morgan fingerprint density at radius 2 is 1.87 bits per heavy atom. The van der Waals surface area contributed by atoms with Gasteiger partial charge in [-0.3, -0.25) is 4.79 Å². The van der Waals surface area contributed by atoms with Crippen LogP contribution in [0.3, 0.4) is 0 Å². The van der Waals surface area contributed by atoms with Gasteiger partial charge in [0.05, 0.1) is 0 Å². The second-order valence-corrected chi connectivity index (χ2v) is 10.8. The van der Waals surface area contributed by atoms with Crippen molar-refractivity contribution >= 4 is 16.8 Å². The number of carbonyl (C=O) groups excluding carboxylic acids is 1. The number of amides is 1. The number of nitrogens with zero attached hydrogens (tertiary/aromatic N) is 1. The third kappa shape index (κ3) is 6.72. The maximum atomic E-state index is 13.3. The van der Waals surface area contributed by atoms with Crippen molar-refractivity contribution in [3.05, 3.63) is 95.7 Å². The first-order valence-electron chi connectivity index (χ1n) is 14.5. The average molecular weight is 524 g/mol. The molecule has 1 saturated heterocycles. The third-order valence-electron chi connectivity index (χ3n) is 8.10. The van der Waals surface area contributed by atoms with Crippen LogP contribution in [0.2, 0.25) is 0 Å². The van der Waals surface area contributed by atoms with E-state index in [2.05, 4.69) is 65.6 Å². The normalized spacial score (nSPS) is 16.7. The van der Waals surface area contributed by atoms with Crippen LogP contribution in [0.5, 0.6) is 11.5 Å². The highest BCUT2D eigenvalue weighted by Gasteiger charge is 2.23. The van der Waals surface area contributed by atoms with Crippen LogP contribution in [0.25, 0.3) is 10.9 Å². The van der Waals surface area contributed by atoms with Gasteiger partial charge in [-0.05, 0) is 80.1 Å². The molecule has 2 atom stereocenters. The van der Waals surface area contributed by atoms with E-state index >= 15 is 0 Å². The second-order valence-electron chi connectivity index (χ2n) is 10.8. The molecule has 2 heterocycles. The molecule has 39 heavy (non-hydrogen) atoms. The van der Waals surface area contributed by atoms with E-state index in [1.165, 1.54) is 36.8 Å². The van der Waals surface area contributed by atoms with Crippen molar-refractivity contribution in [3.63, 3.8) is 0 Å². The molecule has 204 valence electrons. The van der Waals surface area contributed by atoms with Gasteiger partial charge in [-0.1, -0.05) is 61.9 Å². The van der Waals surface area contributed by atoms with Crippen LogP contribution in [0.15, 0.2) is 79.0 Å². The summed E-state index contributed by atoms with van der Waals surface area (Å²) < 4.78 is 6.15. The molecule has 1 aromatic heterocycles. The summed E-state index contributed by atoms with van der Waals surface area (Å²) in [6, 6.07) is 25.1. The first-order chi connectivity index (χ1) is 19.1. The van der Waals surface area contributed by atoms with Gasteiger partial charge in [-0.2, -0.15) is 0 Å². The van der Waals surface area contributed by atoms with Crippen LogP contribution in [0.1, 0.15) is 68.6 Å². The molecule has 2 unspecified atom stereocenters. The molecule has 1 aliphatic heterocycles. The number of rotatable bonds is 11. The Balaban J connectivity index is 1.34. The summed E-state index contributed by atoms with van der Waals surface area (Å²) in [4.78, 5) is 19.4. The van der Waals surface area contributed by atoms with Crippen molar-refractivity contribution in [1.29, 1.82) is 0 Å². The molecule has 5 heteroatoms. The van der Waals surface area contributed by atoms with Gasteiger partial charge in [0.25, 0.3) is 0 Å². The zero-order valence-electron chi connectivity index (χ0n) is 23.3. The first kappa shape index (κ1) is 27.0. The highest BCUT2D eigenvalue weighted by molar-refractivity contribution is 5.88. The molecule has 2 N–H and O–H groups in total. The summed E-state index contributed by atoms with van der Waals surface area (Å²) in [5.74, 6) is 1.56. The minimum Gasteiger partial charge on any atom is -0.457 e. The number of piperidine rings is 1. The Bertz CT molecular complexity index is 1360. The Hall–Kier alpha value is -3.57. The maximum Gasteiger partial charge on any atom is 0.220 e. The van der Waals surface area contributed by atoms with Crippen molar-refractivity contribution in [3.8, 4) is 11.5 Å². The zero-order valence-corrected chi connectivity index (χ0v) is 23.3. The van der Waals surface area contributed by atoms with E-state index in [4.69, 9.17) is 4.74 Å². The number of aryl methyl sites for hydroxylation is 1. The number of aromatic amines is 1. The predicted octanol–water partition coefficient (Wildman–Crippen LogP) is 7.43. The van der Waals surface area contributed by atoms with Crippen LogP contribution in [-0.4, -0.2) is 41.5 Å². The van der Waals surface area contributed by atoms with Gasteiger partial charge in [-0.15, -0.1) is 0 Å². The van der Waals surface area contributed by atoms with Crippen LogP contribution in [0, 0.1) is 0 Å². The summed E-state index contributed by atoms with van der Waals surface area (Å²) in [6.45, 7) is 7.43. The SMILES string of the molecule is CCc1cccc2c(C(CC(=O)NCCCN3CCCCC3C)c3cccc(Oc4ccccc4)c3)c[nH]c12. The van der Waals surface area contributed by atoms with Gasteiger partial charge >= 0.3 is 0 Å². The molecule has 1 amide bonds. The van der Waals surface area contributed by atoms with E-state index in [1.807, 2.05) is 42.5 Å². The number of para-hydroxylation sites is 2. The lowest BCUT2D eigenvalue weighted by Crippen LogP contribution is -2.39. The number of ether oxygens (including phenoxy) is 1. The molecule has 1 aliphatic rings. The molecule has 4 aromatic rings. The maximum absolute atomic E-state index is 13.3. The lowest BCUT2D eigenvalue weighted by molar-refractivity contribution is -0.121. The molecular weight excluding hydrogens is 482 g/mol. The number of carbonyl (C=O) groups is 1. The fourth-order valence-corrected chi connectivity index (χ4v) is 5.91. The highest BCUT2D eigenvalue weighted by Crippen LogP contribution is 2.36. The fraction of sp³-hybridized carbons (Fsp3) is 0.382. The minimum absolute atomic E-state index is 0.0852. The fourth-order valence-electron chi connectivity index (χ4n) is 5.91. The minimum atomic E-state index is -0.0905. The zero-order chi connectivity index (χ0) is 27.0. The van der Waals surface area contributed by atoms with E-state index in [-0.39, 0.29) is 11.8 Å². The van der Waals surface area contributed by atoms with E-state index in [9.17, 15) is 4.79 Å². The molecule has 0 aliphatic carbocycles. The van der Waals surface area contributed by atoms with E-state index < -0.39 is 0 Å². The number of H-pyrrole nitrogens is 1. The Kier molecular flexibility index (Phi) is 9.00. The standard InChI is InChI=1S/C34H41N3O2/c1-3-26-13-10-18-30-32(24-36-34(26)30)31(23-33(38)35-19-11-21-37-20-8-7-12-25(37)2)27-14-9-17-29(22-27)39-28-15-5-4-6-16-28/h4-6,9-10,13-18,22,24-25,31,36H,3,7-8,11-12,19-21,23H2,1-2H3,(H,35,38). The molecule has 1 fully saturated rings. The van der Waals surface area contributed by atoms with Crippen molar-refractivity contribution < 1.29 is 9.53 Å². The van der Waals surface area contributed by atoms with Gasteiger partial charge in [0.2, 0.25) is 5.91 Å². The van der Waals surface area contributed by atoms with Gasteiger partial charge in [0, 0.05) is 48.6 Å². The lowest BCUT2D eigenvalue weighted by Gasteiger charge is -2.33. The Morgan fingerprint density at radius 3 is 2.69 bits per heavy atom. The topological polar surface area (TPSA) is 57.4 Å². The van der Waals surface area contributed by atoms with E-state index in [0.717, 1.165) is 47.5 Å². The predicted molar refractivity (Wildman–Crippen MR) is 160 cm³/mol. The monoisotopic (exact) mass is 523 g/mol. The van der Waals surface area contributed by atoms with E-state index in [0.29, 0.717) is 19.0 Å². The summed E-state index contributed by atoms with van der Waals surface area (Å²) in [5, 5.41) is 4.40. The number of fused-ring (bicyclic) bond motifs is 1. The third-order valence-corrected chi connectivity index (χ3v) is 8.10. The largest absolute Gasteiger partial charge is 0.457 e. The molecule has 5 rings (SSSR count). The number of hydrogen-bond donors (Lipinski definition) is 2. The van der Waals surface area contributed by atoms with Crippen LogP contribution >= 0.6 is 0 Å². The summed E-state index contributed by atoms with van der Waals surface area (Å²) in [7, 11) is 0. The summed E-state index contributed by atoms with van der Waals surface area (Å²) in [5.41, 5.74) is 4.67. The van der Waals surface area contributed by atoms with Crippen molar-refractivity contribution in [2.75, 3.05) is 19.6 Å². The summed E-state index contributed by atoms with van der Waals surface area (Å²) >= 11 is 0. The number of aromatic nitrogens is 1. The van der Waals surface area contributed by atoms with Crippen molar-refractivity contribution in [2.24, 2.45) is 0 Å². The molecule has 3 aromatic carbocycles. The van der Waals surface area contributed by atoms with Crippen LogP contribution in [-0.2, 0) is 11.2 Å². The van der Waals surface area contributed by atoms with E-state index in [1.54, 1.807) is 0 Å². The number of nitrogens with one attached hydrogen (secondary N) is 2. The van der Waals surface area contributed by atoms with Gasteiger partial charge < -0.3 is 19.9 Å². The smallest absolute Gasteiger partial charge is 0.220 e. The van der Waals surface area contributed by atoms with Crippen LogP contribution in [0.4, 0.5) is 0 Å². The van der Waals surface area contributed by atoms with Gasteiger partial charge in [0.15, 0.2) is 0 Å². The molecular formula is C34H41N3O2. The quantitative estimate of drug-likeness (QED) is 0.201. The second kappa shape index (κ2) is 13.0. The average Bonchev–Trinajstić information content (AvgIpc) is 3.40. The van der Waals surface area contributed by atoms with Crippen molar-refractivity contribution in [1.82, 2.24) is 15.2 Å². The van der Waals surface area contributed by atoms with Gasteiger partial charge in [0.1, 0.15) is 11.5 Å².